The minimum atomic E-state index is 0.159. The first-order valence-electron chi connectivity index (χ1n) is 5.41. The second-order valence-electron chi connectivity index (χ2n) is 4.11. The predicted molar refractivity (Wildman–Crippen MR) is 58.3 cm³/mol. The standard InChI is InChI=1S/C11H17N3O/c12-9-3-2-6-14(8-9)11(15)7-10-4-1-5-13-10/h1,4-5,9,13H,2-3,6-8,12H2. The number of carbonyl (C=O) groups is 1. The second kappa shape index (κ2) is 4.49. The largest absolute Gasteiger partial charge is 0.365 e. The number of nitrogens with zero attached hydrogens (tertiary/aromatic N) is 1. The molecule has 1 fully saturated rings. The zero-order valence-corrected chi connectivity index (χ0v) is 8.78. The average Bonchev–Trinajstić information content (AvgIpc) is 2.70. The maximum absolute atomic E-state index is 11.9. The van der Waals surface area contributed by atoms with Crippen LogP contribution in [0.25, 0.3) is 0 Å². The summed E-state index contributed by atoms with van der Waals surface area (Å²) in [7, 11) is 0. The van der Waals surface area contributed by atoms with Crippen LogP contribution >= 0.6 is 0 Å². The quantitative estimate of drug-likeness (QED) is 0.742. The Bertz CT molecular complexity index is 321. The summed E-state index contributed by atoms with van der Waals surface area (Å²) in [6.45, 7) is 1.56. The van der Waals surface area contributed by atoms with E-state index in [2.05, 4.69) is 4.98 Å². The zero-order valence-electron chi connectivity index (χ0n) is 8.78. The van der Waals surface area contributed by atoms with Gasteiger partial charge in [-0.05, 0) is 25.0 Å². The van der Waals surface area contributed by atoms with Crippen LogP contribution in [0.15, 0.2) is 18.3 Å². The number of hydrogen-bond donors (Lipinski definition) is 2. The summed E-state index contributed by atoms with van der Waals surface area (Å²) in [6.07, 6.45) is 4.36. The van der Waals surface area contributed by atoms with Crippen molar-refractivity contribution in [1.29, 1.82) is 0 Å². The summed E-state index contributed by atoms with van der Waals surface area (Å²) >= 11 is 0. The van der Waals surface area contributed by atoms with Crippen molar-refractivity contribution in [2.24, 2.45) is 5.73 Å². The highest BCUT2D eigenvalue weighted by molar-refractivity contribution is 5.78. The van der Waals surface area contributed by atoms with Gasteiger partial charge in [-0.25, -0.2) is 0 Å². The molecular weight excluding hydrogens is 190 g/mol. The third-order valence-corrected chi connectivity index (χ3v) is 2.81. The summed E-state index contributed by atoms with van der Waals surface area (Å²) < 4.78 is 0. The molecule has 15 heavy (non-hydrogen) atoms. The van der Waals surface area contributed by atoms with Crippen LogP contribution in [0.1, 0.15) is 18.5 Å². The number of likely N-dealkylation sites (tertiary alicyclic amines) is 1. The van der Waals surface area contributed by atoms with E-state index in [9.17, 15) is 4.79 Å². The molecule has 1 saturated heterocycles. The van der Waals surface area contributed by atoms with Gasteiger partial charge in [-0.15, -0.1) is 0 Å². The number of amides is 1. The van der Waals surface area contributed by atoms with Gasteiger partial charge in [0.05, 0.1) is 6.42 Å². The van der Waals surface area contributed by atoms with Crippen molar-refractivity contribution in [2.45, 2.75) is 25.3 Å². The van der Waals surface area contributed by atoms with Crippen LogP contribution in [0, 0.1) is 0 Å². The molecule has 2 rings (SSSR count). The third kappa shape index (κ3) is 2.59. The molecule has 0 aromatic carbocycles. The number of nitrogens with one attached hydrogen (secondary N) is 1. The molecule has 0 spiro atoms. The smallest absolute Gasteiger partial charge is 0.228 e. The van der Waals surface area contributed by atoms with E-state index in [1.807, 2.05) is 23.2 Å². The summed E-state index contributed by atoms with van der Waals surface area (Å²) in [6, 6.07) is 4.00. The normalized spacial score (nSPS) is 21.7. The molecule has 1 unspecified atom stereocenters. The van der Waals surface area contributed by atoms with E-state index >= 15 is 0 Å². The SMILES string of the molecule is NC1CCCN(C(=O)Cc2ccc[nH]2)C1. The van der Waals surface area contributed by atoms with Crippen molar-refractivity contribution in [1.82, 2.24) is 9.88 Å². The Morgan fingerprint density at radius 1 is 1.67 bits per heavy atom. The number of carbonyl (C=O) groups excluding carboxylic acids is 1. The Balaban J connectivity index is 1.90. The maximum atomic E-state index is 11.9. The number of rotatable bonds is 2. The van der Waals surface area contributed by atoms with Crippen molar-refractivity contribution in [3.8, 4) is 0 Å². The minimum Gasteiger partial charge on any atom is -0.365 e. The highest BCUT2D eigenvalue weighted by atomic mass is 16.2. The van der Waals surface area contributed by atoms with Crippen LogP contribution in [0.5, 0.6) is 0 Å². The number of H-pyrrole nitrogens is 1. The van der Waals surface area contributed by atoms with Crippen LogP contribution in [0.4, 0.5) is 0 Å². The molecular formula is C11H17N3O. The Hall–Kier alpha value is -1.29. The number of aromatic amines is 1. The van der Waals surface area contributed by atoms with Crippen LogP contribution in [0.2, 0.25) is 0 Å². The molecule has 1 aromatic rings. The minimum absolute atomic E-state index is 0.159. The molecule has 1 aliphatic heterocycles. The molecule has 0 saturated carbocycles. The van der Waals surface area contributed by atoms with Crippen molar-refractivity contribution >= 4 is 5.91 Å². The Labute approximate surface area is 89.5 Å². The molecule has 1 aliphatic rings. The zero-order chi connectivity index (χ0) is 10.7. The van der Waals surface area contributed by atoms with Gasteiger partial charge in [0.25, 0.3) is 0 Å². The lowest BCUT2D eigenvalue weighted by Crippen LogP contribution is -2.46. The monoisotopic (exact) mass is 207 g/mol. The molecule has 82 valence electrons. The fourth-order valence-corrected chi connectivity index (χ4v) is 1.99. The lowest BCUT2D eigenvalue weighted by Gasteiger charge is -2.30. The van der Waals surface area contributed by atoms with Gasteiger partial charge in [-0.2, -0.15) is 0 Å². The maximum Gasteiger partial charge on any atom is 0.228 e. The van der Waals surface area contributed by atoms with Crippen molar-refractivity contribution in [3.05, 3.63) is 24.0 Å². The number of piperidine rings is 1. The number of aromatic nitrogens is 1. The average molecular weight is 207 g/mol. The molecule has 2 heterocycles. The molecule has 0 aliphatic carbocycles. The van der Waals surface area contributed by atoms with Crippen LogP contribution in [-0.4, -0.2) is 34.9 Å². The van der Waals surface area contributed by atoms with Crippen molar-refractivity contribution < 1.29 is 4.79 Å². The lowest BCUT2D eigenvalue weighted by atomic mass is 10.1. The van der Waals surface area contributed by atoms with Crippen LogP contribution in [-0.2, 0) is 11.2 Å². The molecule has 4 heteroatoms. The molecule has 4 nitrogen and oxygen atoms in total. The molecule has 1 amide bonds. The van der Waals surface area contributed by atoms with Gasteiger partial charge in [0.15, 0.2) is 0 Å². The topological polar surface area (TPSA) is 62.1 Å². The van der Waals surface area contributed by atoms with Gasteiger partial charge in [-0.3, -0.25) is 4.79 Å². The molecule has 0 radical (unpaired) electrons. The van der Waals surface area contributed by atoms with Crippen LogP contribution in [0.3, 0.4) is 0 Å². The Morgan fingerprint density at radius 3 is 3.20 bits per heavy atom. The summed E-state index contributed by atoms with van der Waals surface area (Å²) in [4.78, 5) is 16.8. The van der Waals surface area contributed by atoms with Gasteiger partial charge >= 0.3 is 0 Å². The van der Waals surface area contributed by atoms with E-state index in [0.717, 1.165) is 25.1 Å². The van der Waals surface area contributed by atoms with Gasteiger partial charge in [0.1, 0.15) is 0 Å². The number of hydrogen-bond acceptors (Lipinski definition) is 2. The van der Waals surface area contributed by atoms with Gasteiger partial charge in [-0.1, -0.05) is 0 Å². The predicted octanol–water partition coefficient (Wildman–Crippen LogP) is 0.507. The highest BCUT2D eigenvalue weighted by Gasteiger charge is 2.21. The molecule has 1 atom stereocenters. The molecule has 0 bridgehead atoms. The lowest BCUT2D eigenvalue weighted by molar-refractivity contribution is -0.131. The van der Waals surface area contributed by atoms with Gasteiger partial charge in [0, 0.05) is 31.0 Å². The number of nitrogens with two attached hydrogens (primary N) is 1. The molecule has 1 aromatic heterocycles. The van der Waals surface area contributed by atoms with Crippen molar-refractivity contribution in [3.63, 3.8) is 0 Å². The summed E-state index contributed by atoms with van der Waals surface area (Å²) in [5.41, 5.74) is 6.81. The fourth-order valence-electron chi connectivity index (χ4n) is 1.99. The van der Waals surface area contributed by atoms with Gasteiger partial charge in [0.2, 0.25) is 5.91 Å². The van der Waals surface area contributed by atoms with E-state index in [1.165, 1.54) is 0 Å². The van der Waals surface area contributed by atoms with Crippen LogP contribution < -0.4 is 5.73 Å². The van der Waals surface area contributed by atoms with E-state index in [-0.39, 0.29) is 11.9 Å². The first-order chi connectivity index (χ1) is 7.25. The molecule has 3 N–H and O–H groups in total. The van der Waals surface area contributed by atoms with Crippen molar-refractivity contribution in [2.75, 3.05) is 13.1 Å². The first-order valence-corrected chi connectivity index (χ1v) is 5.41. The summed E-state index contributed by atoms with van der Waals surface area (Å²) in [5, 5.41) is 0. The van der Waals surface area contributed by atoms with E-state index in [0.29, 0.717) is 13.0 Å². The second-order valence-corrected chi connectivity index (χ2v) is 4.11. The fraction of sp³-hybridized carbons (Fsp3) is 0.545. The van der Waals surface area contributed by atoms with Gasteiger partial charge < -0.3 is 15.6 Å². The van der Waals surface area contributed by atoms with E-state index in [4.69, 9.17) is 5.73 Å². The van der Waals surface area contributed by atoms with E-state index in [1.54, 1.807) is 0 Å². The summed E-state index contributed by atoms with van der Waals surface area (Å²) in [5.74, 6) is 0.174. The Morgan fingerprint density at radius 2 is 2.53 bits per heavy atom. The third-order valence-electron chi connectivity index (χ3n) is 2.81. The highest BCUT2D eigenvalue weighted by Crippen LogP contribution is 2.10. The first kappa shape index (κ1) is 10.2. The Kier molecular flexibility index (Phi) is 3.06. The van der Waals surface area contributed by atoms with E-state index < -0.39 is 0 Å².